The van der Waals surface area contributed by atoms with E-state index in [1.54, 1.807) is 6.92 Å². The highest BCUT2D eigenvalue weighted by molar-refractivity contribution is 8.13. The predicted molar refractivity (Wildman–Crippen MR) is 75.4 cm³/mol. The summed E-state index contributed by atoms with van der Waals surface area (Å²) < 4.78 is 33.5. The van der Waals surface area contributed by atoms with Gasteiger partial charge >= 0.3 is 0 Å². The van der Waals surface area contributed by atoms with Gasteiger partial charge < -0.3 is 5.32 Å². The molecule has 0 heterocycles. The summed E-state index contributed by atoms with van der Waals surface area (Å²) in [4.78, 5) is 11.6. The molecule has 1 rings (SSSR count). The first kappa shape index (κ1) is 16.1. The molecule has 0 saturated carbocycles. The van der Waals surface area contributed by atoms with Crippen LogP contribution in [0.2, 0.25) is 0 Å². The molecule has 1 unspecified atom stereocenters. The first-order chi connectivity index (χ1) is 8.84. The highest BCUT2D eigenvalue weighted by Gasteiger charge is 2.13. The molecule has 0 aliphatic heterocycles. The van der Waals surface area contributed by atoms with Crippen molar-refractivity contribution in [2.24, 2.45) is 0 Å². The van der Waals surface area contributed by atoms with Crippen LogP contribution in [0.4, 0.5) is 0 Å². The number of rotatable bonds is 6. The zero-order valence-electron chi connectivity index (χ0n) is 10.3. The molecular weight excluding hydrogens is 310 g/mol. The third-order valence-corrected chi connectivity index (χ3v) is 4.97. The van der Waals surface area contributed by atoms with Crippen LogP contribution in [0.15, 0.2) is 29.2 Å². The fraction of sp³-hybridized carbons (Fsp3) is 0.364. The maximum Gasteiger partial charge on any atom is 0.261 e. The van der Waals surface area contributed by atoms with Gasteiger partial charge in [-0.3, -0.25) is 9.00 Å². The van der Waals surface area contributed by atoms with E-state index in [1.165, 1.54) is 24.3 Å². The molecule has 0 fully saturated rings. The summed E-state index contributed by atoms with van der Waals surface area (Å²) in [5, 5.41) is 2.57. The molecule has 0 radical (unpaired) electrons. The number of halogens is 1. The maximum atomic E-state index is 11.7. The van der Waals surface area contributed by atoms with Crippen LogP contribution in [-0.2, 0) is 19.9 Å². The van der Waals surface area contributed by atoms with E-state index >= 15 is 0 Å². The minimum Gasteiger partial charge on any atom is -0.351 e. The SMILES string of the molecule is CCS(=O)CCNC(=O)c1cccc(S(=O)(=O)Cl)c1. The molecular formula is C11H14ClNO4S2. The maximum absolute atomic E-state index is 11.7. The van der Waals surface area contributed by atoms with Crippen molar-refractivity contribution in [2.45, 2.75) is 11.8 Å². The fourth-order valence-corrected chi connectivity index (χ4v) is 2.73. The van der Waals surface area contributed by atoms with Gasteiger partial charge in [-0.05, 0) is 18.2 Å². The highest BCUT2D eigenvalue weighted by Crippen LogP contribution is 2.15. The van der Waals surface area contributed by atoms with Gasteiger partial charge in [-0.15, -0.1) is 0 Å². The van der Waals surface area contributed by atoms with Crippen LogP contribution < -0.4 is 5.32 Å². The summed E-state index contributed by atoms with van der Waals surface area (Å²) in [6, 6.07) is 5.44. The Labute approximate surface area is 119 Å². The van der Waals surface area contributed by atoms with Crippen LogP contribution in [-0.4, -0.2) is 36.6 Å². The summed E-state index contributed by atoms with van der Waals surface area (Å²) in [5.74, 6) is 0.487. The highest BCUT2D eigenvalue weighted by atomic mass is 35.7. The Balaban J connectivity index is 2.70. The molecule has 0 bridgehead atoms. The first-order valence-electron chi connectivity index (χ1n) is 5.52. The molecule has 1 amide bonds. The fourth-order valence-electron chi connectivity index (χ4n) is 1.31. The molecule has 5 nitrogen and oxygen atoms in total. The Morgan fingerprint density at radius 1 is 1.42 bits per heavy atom. The standard InChI is InChI=1S/C11H14ClNO4S2/c1-2-18(15)7-6-13-11(14)9-4-3-5-10(8-9)19(12,16)17/h3-5,8H,2,6-7H2,1H3,(H,13,14). The summed E-state index contributed by atoms with van der Waals surface area (Å²) in [7, 11) is 0.397. The smallest absolute Gasteiger partial charge is 0.261 e. The van der Waals surface area contributed by atoms with Crippen molar-refractivity contribution >= 4 is 36.4 Å². The number of amides is 1. The number of carbonyl (C=O) groups is 1. The number of hydrogen-bond donors (Lipinski definition) is 1. The lowest BCUT2D eigenvalue weighted by Gasteiger charge is -2.05. The summed E-state index contributed by atoms with van der Waals surface area (Å²) in [6.07, 6.45) is 0. The molecule has 1 aromatic carbocycles. The molecule has 0 aliphatic rings. The molecule has 1 aromatic rings. The third-order valence-electron chi connectivity index (χ3n) is 2.32. The second-order valence-electron chi connectivity index (χ2n) is 3.65. The van der Waals surface area contributed by atoms with E-state index in [4.69, 9.17) is 10.7 Å². The molecule has 106 valence electrons. The first-order valence-corrected chi connectivity index (χ1v) is 9.32. The topological polar surface area (TPSA) is 80.3 Å². The molecule has 8 heteroatoms. The van der Waals surface area contributed by atoms with Crippen LogP contribution in [0, 0.1) is 0 Å². The molecule has 1 N–H and O–H groups in total. The van der Waals surface area contributed by atoms with Gasteiger partial charge in [0, 0.05) is 45.1 Å². The van der Waals surface area contributed by atoms with Gasteiger partial charge in [0.05, 0.1) is 4.90 Å². The Hall–Kier alpha value is -0.920. The van der Waals surface area contributed by atoms with Gasteiger partial charge in [-0.25, -0.2) is 8.42 Å². The van der Waals surface area contributed by atoms with Crippen molar-refractivity contribution in [1.82, 2.24) is 5.32 Å². The van der Waals surface area contributed by atoms with Crippen LogP contribution in [0.3, 0.4) is 0 Å². The van der Waals surface area contributed by atoms with Gasteiger partial charge in [-0.1, -0.05) is 13.0 Å². The van der Waals surface area contributed by atoms with E-state index in [9.17, 15) is 17.4 Å². The summed E-state index contributed by atoms with van der Waals surface area (Å²) in [6.45, 7) is 2.07. The number of carbonyl (C=O) groups excluding carboxylic acids is 1. The van der Waals surface area contributed by atoms with E-state index in [-0.39, 0.29) is 17.0 Å². The zero-order valence-corrected chi connectivity index (χ0v) is 12.6. The van der Waals surface area contributed by atoms with Crippen molar-refractivity contribution in [2.75, 3.05) is 18.1 Å². The molecule has 0 aromatic heterocycles. The molecule has 0 saturated heterocycles. The lowest BCUT2D eigenvalue weighted by Crippen LogP contribution is -2.28. The van der Waals surface area contributed by atoms with Crippen molar-refractivity contribution in [3.63, 3.8) is 0 Å². The molecule has 0 aliphatic carbocycles. The Bertz CT molecular complexity index is 586. The molecule has 19 heavy (non-hydrogen) atoms. The van der Waals surface area contributed by atoms with Gasteiger partial charge in [0.2, 0.25) is 0 Å². The van der Waals surface area contributed by atoms with Gasteiger partial charge in [0.15, 0.2) is 0 Å². The minimum atomic E-state index is -3.85. The average Bonchev–Trinajstić information content (AvgIpc) is 2.37. The van der Waals surface area contributed by atoms with E-state index < -0.39 is 25.8 Å². The van der Waals surface area contributed by atoms with Gasteiger partial charge in [-0.2, -0.15) is 0 Å². The second-order valence-corrected chi connectivity index (χ2v) is 8.09. The van der Waals surface area contributed by atoms with E-state index in [2.05, 4.69) is 5.32 Å². The second kappa shape index (κ2) is 7.02. The monoisotopic (exact) mass is 323 g/mol. The van der Waals surface area contributed by atoms with Crippen LogP contribution in [0.5, 0.6) is 0 Å². The van der Waals surface area contributed by atoms with Crippen LogP contribution >= 0.6 is 10.7 Å². The summed E-state index contributed by atoms with van der Waals surface area (Å²) >= 11 is 0. The van der Waals surface area contributed by atoms with Gasteiger partial charge in [0.25, 0.3) is 15.0 Å². The minimum absolute atomic E-state index is 0.126. The van der Waals surface area contributed by atoms with Crippen LogP contribution in [0.25, 0.3) is 0 Å². The Morgan fingerprint density at radius 2 is 2.11 bits per heavy atom. The largest absolute Gasteiger partial charge is 0.351 e. The van der Waals surface area contributed by atoms with E-state index in [1.807, 2.05) is 0 Å². The lowest BCUT2D eigenvalue weighted by atomic mass is 10.2. The Morgan fingerprint density at radius 3 is 2.68 bits per heavy atom. The zero-order chi connectivity index (χ0) is 14.5. The quantitative estimate of drug-likeness (QED) is 0.795. The van der Waals surface area contributed by atoms with Crippen molar-refractivity contribution < 1.29 is 17.4 Å². The third kappa shape index (κ3) is 5.30. The van der Waals surface area contributed by atoms with Crippen LogP contribution in [0.1, 0.15) is 17.3 Å². The molecule has 1 atom stereocenters. The number of nitrogens with one attached hydrogen (secondary N) is 1. The van der Waals surface area contributed by atoms with Gasteiger partial charge in [0.1, 0.15) is 0 Å². The van der Waals surface area contributed by atoms with E-state index in [0.29, 0.717) is 11.5 Å². The summed E-state index contributed by atoms with van der Waals surface area (Å²) in [5.41, 5.74) is 0.198. The lowest BCUT2D eigenvalue weighted by molar-refractivity contribution is 0.0956. The van der Waals surface area contributed by atoms with Crippen molar-refractivity contribution in [3.8, 4) is 0 Å². The van der Waals surface area contributed by atoms with E-state index in [0.717, 1.165) is 0 Å². The average molecular weight is 324 g/mol. The van der Waals surface area contributed by atoms with Crippen molar-refractivity contribution in [3.05, 3.63) is 29.8 Å². The molecule has 0 spiro atoms. The Kier molecular flexibility index (Phi) is 5.96. The predicted octanol–water partition coefficient (Wildman–Crippen LogP) is 1.11. The van der Waals surface area contributed by atoms with Crippen molar-refractivity contribution in [1.29, 1.82) is 0 Å². The normalized spacial score (nSPS) is 12.9. The number of hydrogen-bond acceptors (Lipinski definition) is 4. The number of benzene rings is 1.